The van der Waals surface area contributed by atoms with Gasteiger partial charge in [0.25, 0.3) is 0 Å². The Kier molecular flexibility index (Phi) is 5.53. The van der Waals surface area contributed by atoms with Gasteiger partial charge in [0.1, 0.15) is 0 Å². The number of amides is 1. The first-order valence-corrected chi connectivity index (χ1v) is 8.71. The molecule has 0 aliphatic carbocycles. The van der Waals surface area contributed by atoms with Crippen LogP contribution < -0.4 is 11.1 Å². The maximum Gasteiger partial charge on any atom is 0.227 e. The standard InChI is InChI=1S/C17H25N3OS/c1-4-17(5-2,11-18)16(21)19-12(3)10-15-20-13-8-6-7-9-14(13)22-15/h6-9,12H,4-5,10-11,18H2,1-3H3,(H,19,21). The van der Waals surface area contributed by atoms with Crippen molar-refractivity contribution in [3.8, 4) is 0 Å². The van der Waals surface area contributed by atoms with Crippen molar-refractivity contribution in [2.75, 3.05) is 6.54 Å². The summed E-state index contributed by atoms with van der Waals surface area (Å²) in [4.78, 5) is 17.1. The van der Waals surface area contributed by atoms with Crippen molar-refractivity contribution in [2.45, 2.75) is 46.1 Å². The van der Waals surface area contributed by atoms with Gasteiger partial charge in [-0.05, 0) is 31.9 Å². The van der Waals surface area contributed by atoms with E-state index >= 15 is 0 Å². The Bertz CT molecular complexity index is 592. The van der Waals surface area contributed by atoms with Gasteiger partial charge in [-0.25, -0.2) is 4.98 Å². The van der Waals surface area contributed by atoms with Crippen LogP contribution in [0.2, 0.25) is 0 Å². The van der Waals surface area contributed by atoms with Crippen molar-refractivity contribution in [2.24, 2.45) is 11.1 Å². The Labute approximate surface area is 136 Å². The van der Waals surface area contributed by atoms with Crippen LogP contribution in [0.5, 0.6) is 0 Å². The van der Waals surface area contributed by atoms with E-state index in [1.54, 1.807) is 11.3 Å². The predicted octanol–water partition coefficient (Wildman–Crippen LogP) is 3.11. The summed E-state index contributed by atoms with van der Waals surface area (Å²) in [6.45, 7) is 6.46. The number of fused-ring (bicyclic) bond motifs is 1. The maximum absolute atomic E-state index is 12.5. The molecular weight excluding hydrogens is 294 g/mol. The van der Waals surface area contributed by atoms with Crippen LogP contribution in [0, 0.1) is 5.41 Å². The Morgan fingerprint density at radius 1 is 1.36 bits per heavy atom. The molecule has 0 aliphatic rings. The molecule has 1 aromatic heterocycles. The number of nitrogens with zero attached hydrogens (tertiary/aromatic N) is 1. The molecule has 0 spiro atoms. The van der Waals surface area contributed by atoms with Crippen LogP contribution in [0.25, 0.3) is 10.2 Å². The molecule has 22 heavy (non-hydrogen) atoms. The van der Waals surface area contributed by atoms with Crippen LogP contribution in [-0.2, 0) is 11.2 Å². The van der Waals surface area contributed by atoms with Gasteiger partial charge in [0.2, 0.25) is 5.91 Å². The van der Waals surface area contributed by atoms with Crippen molar-refractivity contribution in [3.05, 3.63) is 29.3 Å². The van der Waals surface area contributed by atoms with Crippen LogP contribution in [0.4, 0.5) is 0 Å². The van der Waals surface area contributed by atoms with E-state index < -0.39 is 5.41 Å². The number of benzene rings is 1. The second kappa shape index (κ2) is 7.20. The number of hydrogen-bond donors (Lipinski definition) is 2. The Morgan fingerprint density at radius 3 is 2.64 bits per heavy atom. The van der Waals surface area contributed by atoms with Crippen molar-refractivity contribution >= 4 is 27.5 Å². The van der Waals surface area contributed by atoms with Crippen LogP contribution in [0.3, 0.4) is 0 Å². The predicted molar refractivity (Wildman–Crippen MR) is 93.0 cm³/mol. The third-order valence-corrected chi connectivity index (χ3v) is 5.48. The fourth-order valence-corrected chi connectivity index (χ4v) is 3.75. The SMILES string of the molecule is CCC(CC)(CN)C(=O)NC(C)Cc1nc2ccccc2s1. The van der Waals surface area contributed by atoms with Gasteiger partial charge >= 0.3 is 0 Å². The third kappa shape index (κ3) is 3.47. The molecule has 2 aromatic rings. The zero-order valence-electron chi connectivity index (χ0n) is 13.6. The average molecular weight is 319 g/mol. The number of aromatic nitrogens is 1. The molecule has 0 radical (unpaired) electrons. The third-order valence-electron chi connectivity index (χ3n) is 4.42. The molecule has 4 nitrogen and oxygen atoms in total. The molecule has 0 saturated carbocycles. The van der Waals surface area contributed by atoms with Crippen LogP contribution in [0.1, 0.15) is 38.6 Å². The van der Waals surface area contributed by atoms with Gasteiger partial charge in [-0.15, -0.1) is 11.3 Å². The van der Waals surface area contributed by atoms with E-state index in [4.69, 9.17) is 5.73 Å². The lowest BCUT2D eigenvalue weighted by molar-refractivity contribution is -0.131. The molecule has 5 heteroatoms. The summed E-state index contributed by atoms with van der Waals surface area (Å²) < 4.78 is 1.19. The zero-order valence-corrected chi connectivity index (χ0v) is 14.4. The lowest BCUT2D eigenvalue weighted by Crippen LogP contribution is -2.48. The van der Waals surface area contributed by atoms with Crippen LogP contribution >= 0.6 is 11.3 Å². The van der Waals surface area contributed by atoms with Crippen molar-refractivity contribution in [1.29, 1.82) is 0 Å². The number of carbonyl (C=O) groups is 1. The molecule has 0 saturated heterocycles. The Balaban J connectivity index is 2.03. The molecule has 1 amide bonds. The topological polar surface area (TPSA) is 68.0 Å². The van der Waals surface area contributed by atoms with E-state index in [1.807, 2.05) is 39.0 Å². The lowest BCUT2D eigenvalue weighted by atomic mass is 9.81. The molecule has 1 unspecified atom stereocenters. The molecule has 3 N–H and O–H groups in total. The van der Waals surface area contributed by atoms with Gasteiger partial charge in [-0.1, -0.05) is 26.0 Å². The normalized spacial score (nSPS) is 13.3. The van der Waals surface area contributed by atoms with E-state index in [2.05, 4.69) is 16.4 Å². The minimum Gasteiger partial charge on any atom is -0.353 e. The van der Waals surface area contributed by atoms with Gasteiger partial charge in [-0.2, -0.15) is 0 Å². The van der Waals surface area contributed by atoms with E-state index in [9.17, 15) is 4.79 Å². The summed E-state index contributed by atoms with van der Waals surface area (Å²) in [5.74, 6) is 0.0635. The quantitative estimate of drug-likeness (QED) is 0.824. The summed E-state index contributed by atoms with van der Waals surface area (Å²) in [7, 11) is 0. The second-order valence-corrected chi connectivity index (χ2v) is 6.96. The average Bonchev–Trinajstić information content (AvgIpc) is 2.91. The fourth-order valence-electron chi connectivity index (χ4n) is 2.65. The molecule has 0 aliphatic heterocycles. The number of rotatable bonds is 7. The van der Waals surface area contributed by atoms with Gasteiger partial charge in [-0.3, -0.25) is 4.79 Å². The maximum atomic E-state index is 12.5. The first-order valence-electron chi connectivity index (χ1n) is 7.90. The number of thiazole rings is 1. The van der Waals surface area contributed by atoms with Crippen molar-refractivity contribution in [3.63, 3.8) is 0 Å². The van der Waals surface area contributed by atoms with Crippen molar-refractivity contribution < 1.29 is 4.79 Å². The molecular formula is C17H25N3OS. The molecule has 1 atom stereocenters. The zero-order chi connectivity index (χ0) is 16.2. The summed E-state index contributed by atoms with van der Waals surface area (Å²) in [5, 5.41) is 4.17. The summed E-state index contributed by atoms with van der Waals surface area (Å²) in [5.41, 5.74) is 6.42. The summed E-state index contributed by atoms with van der Waals surface area (Å²) in [6.07, 6.45) is 2.28. The molecule has 0 bridgehead atoms. The van der Waals surface area contributed by atoms with Crippen LogP contribution in [-0.4, -0.2) is 23.5 Å². The van der Waals surface area contributed by atoms with E-state index in [0.29, 0.717) is 6.54 Å². The second-order valence-electron chi connectivity index (χ2n) is 5.85. The number of nitrogens with one attached hydrogen (secondary N) is 1. The highest BCUT2D eigenvalue weighted by Crippen LogP contribution is 2.26. The fraction of sp³-hybridized carbons (Fsp3) is 0.529. The monoisotopic (exact) mass is 319 g/mol. The smallest absolute Gasteiger partial charge is 0.227 e. The number of carbonyl (C=O) groups excluding carboxylic acids is 1. The highest BCUT2D eigenvalue weighted by molar-refractivity contribution is 7.18. The minimum atomic E-state index is -0.443. The molecule has 0 fully saturated rings. The largest absolute Gasteiger partial charge is 0.353 e. The summed E-state index contributed by atoms with van der Waals surface area (Å²) in [6, 6.07) is 8.17. The van der Waals surface area contributed by atoms with Gasteiger partial charge in [0.05, 0.1) is 20.6 Å². The first-order chi connectivity index (χ1) is 10.5. The van der Waals surface area contributed by atoms with Gasteiger partial charge in [0.15, 0.2) is 0 Å². The number of para-hydroxylation sites is 1. The molecule has 1 heterocycles. The van der Waals surface area contributed by atoms with Gasteiger partial charge in [0, 0.05) is 19.0 Å². The highest BCUT2D eigenvalue weighted by atomic mass is 32.1. The molecule has 120 valence electrons. The lowest BCUT2D eigenvalue weighted by Gasteiger charge is -2.30. The minimum absolute atomic E-state index is 0.0529. The molecule has 2 rings (SSSR count). The summed E-state index contributed by atoms with van der Waals surface area (Å²) >= 11 is 1.69. The van der Waals surface area contributed by atoms with Gasteiger partial charge < -0.3 is 11.1 Å². The molecule has 1 aromatic carbocycles. The number of hydrogen-bond acceptors (Lipinski definition) is 4. The number of nitrogens with two attached hydrogens (primary N) is 1. The van der Waals surface area contributed by atoms with E-state index in [-0.39, 0.29) is 11.9 Å². The van der Waals surface area contributed by atoms with Crippen molar-refractivity contribution in [1.82, 2.24) is 10.3 Å². The van der Waals surface area contributed by atoms with Crippen LogP contribution in [0.15, 0.2) is 24.3 Å². The first kappa shape index (κ1) is 16.9. The van der Waals surface area contributed by atoms with E-state index in [1.165, 1.54) is 4.70 Å². The highest BCUT2D eigenvalue weighted by Gasteiger charge is 2.33. The Morgan fingerprint density at radius 2 is 2.05 bits per heavy atom. The Hall–Kier alpha value is -1.46. The van der Waals surface area contributed by atoms with E-state index in [0.717, 1.165) is 29.8 Å².